The quantitative estimate of drug-likeness (QED) is 0.740. The van der Waals surface area contributed by atoms with E-state index in [-0.39, 0.29) is 5.82 Å². The molecule has 0 radical (unpaired) electrons. The van der Waals surface area contributed by atoms with Crippen molar-refractivity contribution in [2.75, 3.05) is 14.2 Å². The molecule has 1 saturated carbocycles. The molecule has 4 rings (SSSR count). The fraction of sp³-hybridized carbons (Fsp3) is 0.263. The first kappa shape index (κ1) is 16.8. The molecule has 1 aliphatic rings. The molecule has 0 unspecified atom stereocenters. The predicted molar refractivity (Wildman–Crippen MR) is 94.8 cm³/mol. The van der Waals surface area contributed by atoms with Crippen LogP contribution in [0.15, 0.2) is 30.3 Å². The van der Waals surface area contributed by atoms with Gasteiger partial charge < -0.3 is 14.6 Å². The first-order chi connectivity index (χ1) is 13.0. The van der Waals surface area contributed by atoms with Crippen molar-refractivity contribution in [1.29, 1.82) is 5.26 Å². The van der Waals surface area contributed by atoms with Crippen LogP contribution in [-0.4, -0.2) is 39.9 Å². The van der Waals surface area contributed by atoms with Gasteiger partial charge in [-0.3, -0.25) is 4.79 Å². The standard InChI is InChI=1S/C19H16N4O4/c1-26-14-6-5-13(11-3-4-12(10-20)15(9-11)27-2)23-16(14)21-17(22-23)19(7-8-19)18(24)25/h3-6,9H,7-8H2,1-2H3,(H,24,25). The lowest BCUT2D eigenvalue weighted by molar-refractivity contribution is -0.140. The molecule has 1 aliphatic carbocycles. The Balaban J connectivity index is 1.93. The first-order valence-corrected chi connectivity index (χ1v) is 8.30. The molecule has 1 fully saturated rings. The van der Waals surface area contributed by atoms with Crippen molar-refractivity contribution < 1.29 is 19.4 Å². The van der Waals surface area contributed by atoms with Gasteiger partial charge in [0.1, 0.15) is 17.2 Å². The number of hydrogen-bond donors (Lipinski definition) is 1. The Morgan fingerprint density at radius 2 is 1.96 bits per heavy atom. The van der Waals surface area contributed by atoms with Gasteiger partial charge in [0, 0.05) is 5.56 Å². The second-order valence-electron chi connectivity index (χ2n) is 6.37. The maximum Gasteiger partial charge on any atom is 0.317 e. The highest BCUT2D eigenvalue weighted by molar-refractivity contribution is 5.84. The number of carbonyl (C=O) groups is 1. The number of carboxylic acid groups (broad SMARTS) is 1. The van der Waals surface area contributed by atoms with Crippen molar-refractivity contribution >= 4 is 11.6 Å². The van der Waals surface area contributed by atoms with Crippen LogP contribution in [0.5, 0.6) is 11.5 Å². The summed E-state index contributed by atoms with van der Waals surface area (Å²) in [7, 11) is 3.03. The van der Waals surface area contributed by atoms with E-state index in [9.17, 15) is 15.2 Å². The molecule has 0 spiro atoms. The summed E-state index contributed by atoms with van der Waals surface area (Å²) >= 11 is 0. The number of benzene rings is 1. The number of fused-ring (bicyclic) bond motifs is 1. The molecule has 1 N–H and O–H groups in total. The highest BCUT2D eigenvalue weighted by Crippen LogP contribution is 2.47. The molecular weight excluding hydrogens is 348 g/mol. The summed E-state index contributed by atoms with van der Waals surface area (Å²) in [6.45, 7) is 0. The van der Waals surface area contributed by atoms with E-state index in [1.165, 1.54) is 14.2 Å². The molecular formula is C19H16N4O4. The van der Waals surface area contributed by atoms with Crippen molar-refractivity contribution in [3.05, 3.63) is 41.7 Å². The van der Waals surface area contributed by atoms with E-state index in [1.807, 2.05) is 6.07 Å². The number of pyridine rings is 1. The maximum atomic E-state index is 11.7. The summed E-state index contributed by atoms with van der Waals surface area (Å²) in [5, 5.41) is 23.2. The molecule has 8 heteroatoms. The number of ether oxygens (including phenoxy) is 2. The minimum Gasteiger partial charge on any atom is -0.495 e. The number of rotatable bonds is 5. The lowest BCUT2D eigenvalue weighted by Gasteiger charge is -2.09. The maximum absolute atomic E-state index is 11.7. The lowest BCUT2D eigenvalue weighted by Crippen LogP contribution is -2.21. The minimum absolute atomic E-state index is 0.279. The van der Waals surface area contributed by atoms with E-state index in [1.54, 1.807) is 28.8 Å². The van der Waals surface area contributed by atoms with Gasteiger partial charge in [0.05, 0.1) is 25.5 Å². The Hall–Kier alpha value is -3.60. The van der Waals surface area contributed by atoms with Crippen molar-refractivity contribution in [2.24, 2.45) is 0 Å². The third-order valence-electron chi connectivity index (χ3n) is 4.87. The molecule has 136 valence electrons. The molecule has 0 saturated heterocycles. The number of nitriles is 1. The van der Waals surface area contributed by atoms with Gasteiger partial charge in [-0.05, 0) is 37.1 Å². The molecule has 0 amide bonds. The number of hydrogen-bond acceptors (Lipinski definition) is 6. The van der Waals surface area contributed by atoms with Crippen LogP contribution < -0.4 is 9.47 Å². The Kier molecular flexibility index (Phi) is 3.73. The third kappa shape index (κ3) is 2.47. The Morgan fingerprint density at radius 3 is 2.56 bits per heavy atom. The van der Waals surface area contributed by atoms with Gasteiger partial charge in [0.2, 0.25) is 0 Å². The van der Waals surface area contributed by atoms with Crippen LogP contribution in [0.3, 0.4) is 0 Å². The van der Waals surface area contributed by atoms with Gasteiger partial charge in [-0.15, -0.1) is 5.10 Å². The molecule has 2 heterocycles. The SMILES string of the molecule is COc1cc(-c2ccc(OC)c3nc(C4(C(=O)O)CC4)nn23)ccc1C#N. The summed E-state index contributed by atoms with van der Waals surface area (Å²) in [6.07, 6.45) is 1.03. The van der Waals surface area contributed by atoms with Gasteiger partial charge in [-0.25, -0.2) is 9.50 Å². The molecule has 8 nitrogen and oxygen atoms in total. The summed E-state index contributed by atoms with van der Waals surface area (Å²) < 4.78 is 12.2. The second kappa shape index (κ2) is 5.99. The van der Waals surface area contributed by atoms with Crippen LogP contribution >= 0.6 is 0 Å². The molecule has 1 aromatic carbocycles. The number of carboxylic acids is 1. The molecule has 0 aliphatic heterocycles. The van der Waals surface area contributed by atoms with Crippen LogP contribution in [0.4, 0.5) is 0 Å². The monoisotopic (exact) mass is 364 g/mol. The average molecular weight is 364 g/mol. The zero-order valence-electron chi connectivity index (χ0n) is 14.8. The van der Waals surface area contributed by atoms with E-state index in [2.05, 4.69) is 16.2 Å². The number of aromatic nitrogens is 3. The lowest BCUT2D eigenvalue weighted by atomic mass is 10.1. The molecule has 0 atom stereocenters. The number of aliphatic carboxylic acids is 1. The highest BCUT2D eigenvalue weighted by atomic mass is 16.5. The largest absolute Gasteiger partial charge is 0.495 e. The van der Waals surface area contributed by atoms with Gasteiger partial charge in [0.15, 0.2) is 17.2 Å². The Labute approximate surface area is 154 Å². The number of nitrogens with zero attached hydrogens (tertiary/aromatic N) is 4. The Bertz CT molecular complexity index is 1110. The summed E-state index contributed by atoms with van der Waals surface area (Å²) in [5.74, 6) is 0.308. The van der Waals surface area contributed by atoms with Crippen LogP contribution in [0.1, 0.15) is 24.2 Å². The van der Waals surface area contributed by atoms with Gasteiger partial charge in [0.25, 0.3) is 0 Å². The van der Waals surface area contributed by atoms with Crippen molar-refractivity contribution in [3.8, 4) is 28.8 Å². The van der Waals surface area contributed by atoms with Crippen molar-refractivity contribution in [3.63, 3.8) is 0 Å². The smallest absolute Gasteiger partial charge is 0.317 e. The molecule has 27 heavy (non-hydrogen) atoms. The van der Waals surface area contributed by atoms with Crippen LogP contribution in [0.25, 0.3) is 16.9 Å². The van der Waals surface area contributed by atoms with Crippen molar-refractivity contribution in [2.45, 2.75) is 18.3 Å². The predicted octanol–water partition coefficient (Wildman–Crippen LogP) is 2.40. The molecule has 3 aromatic rings. The van der Waals surface area contributed by atoms with Crippen LogP contribution in [0, 0.1) is 11.3 Å². The summed E-state index contributed by atoms with van der Waals surface area (Å²) in [5.41, 5.74) is 1.30. The topological polar surface area (TPSA) is 110 Å². The molecule has 0 bridgehead atoms. The van der Waals surface area contributed by atoms with E-state index < -0.39 is 11.4 Å². The van der Waals surface area contributed by atoms with Crippen molar-refractivity contribution in [1.82, 2.24) is 14.6 Å². The van der Waals surface area contributed by atoms with E-state index in [0.29, 0.717) is 41.2 Å². The van der Waals surface area contributed by atoms with Crippen LogP contribution in [-0.2, 0) is 10.2 Å². The highest BCUT2D eigenvalue weighted by Gasteiger charge is 2.55. The Morgan fingerprint density at radius 1 is 1.22 bits per heavy atom. The average Bonchev–Trinajstić information content (AvgIpc) is 3.39. The van der Waals surface area contributed by atoms with E-state index >= 15 is 0 Å². The van der Waals surface area contributed by atoms with E-state index in [4.69, 9.17) is 9.47 Å². The zero-order valence-corrected chi connectivity index (χ0v) is 14.8. The fourth-order valence-corrected chi connectivity index (χ4v) is 3.12. The number of methoxy groups -OCH3 is 2. The minimum atomic E-state index is -1.02. The van der Waals surface area contributed by atoms with Crippen LogP contribution in [0.2, 0.25) is 0 Å². The zero-order chi connectivity index (χ0) is 19.2. The van der Waals surface area contributed by atoms with Gasteiger partial charge >= 0.3 is 5.97 Å². The second-order valence-corrected chi connectivity index (χ2v) is 6.37. The van der Waals surface area contributed by atoms with Gasteiger partial charge in [-0.2, -0.15) is 5.26 Å². The van der Waals surface area contributed by atoms with E-state index in [0.717, 1.165) is 5.56 Å². The third-order valence-corrected chi connectivity index (χ3v) is 4.87. The summed E-state index contributed by atoms with van der Waals surface area (Å²) in [6, 6.07) is 10.8. The summed E-state index contributed by atoms with van der Waals surface area (Å²) in [4.78, 5) is 16.1. The first-order valence-electron chi connectivity index (χ1n) is 8.30. The van der Waals surface area contributed by atoms with Gasteiger partial charge in [-0.1, -0.05) is 6.07 Å². The fourth-order valence-electron chi connectivity index (χ4n) is 3.12. The normalized spacial score (nSPS) is 14.6. The molecule has 2 aromatic heterocycles.